The average molecular weight is 560 g/mol. The van der Waals surface area contributed by atoms with Gasteiger partial charge in [0, 0.05) is 25.2 Å². The summed E-state index contributed by atoms with van der Waals surface area (Å²) >= 11 is 0. The number of carbonyl (C=O) groups excluding carboxylic acids is 1. The molecule has 2 aliphatic rings. The summed E-state index contributed by atoms with van der Waals surface area (Å²) in [5.74, 6) is 0.0608. The molecule has 0 atom stereocenters. The number of hydrogen-bond acceptors (Lipinski definition) is 5. The summed E-state index contributed by atoms with van der Waals surface area (Å²) in [6, 6.07) is 14.9. The van der Waals surface area contributed by atoms with E-state index in [1.165, 1.54) is 4.90 Å². The van der Waals surface area contributed by atoms with Crippen molar-refractivity contribution >= 4 is 5.91 Å². The molecule has 3 aromatic rings. The Morgan fingerprint density at radius 3 is 2.12 bits per heavy atom. The average Bonchev–Trinajstić information content (AvgIpc) is 3.36. The lowest BCUT2D eigenvalue weighted by Gasteiger charge is -2.34. The molecule has 1 aromatic heterocycles. The maximum Gasteiger partial charge on any atom is 0.451 e. The van der Waals surface area contributed by atoms with E-state index in [9.17, 15) is 22.4 Å². The number of likely N-dealkylation sites (tertiary alicyclic amines) is 1. The van der Waals surface area contributed by atoms with E-state index in [1.807, 2.05) is 36.4 Å². The van der Waals surface area contributed by atoms with Crippen molar-refractivity contribution in [2.45, 2.75) is 51.6 Å². The first-order valence-corrected chi connectivity index (χ1v) is 13.5. The van der Waals surface area contributed by atoms with Crippen molar-refractivity contribution in [1.29, 1.82) is 0 Å². The van der Waals surface area contributed by atoms with Gasteiger partial charge in [-0.25, -0.2) is 4.39 Å². The van der Waals surface area contributed by atoms with Gasteiger partial charge in [-0.3, -0.25) is 4.79 Å². The summed E-state index contributed by atoms with van der Waals surface area (Å²) in [6.07, 6.45) is -2.60. The number of piperidine rings is 1. The zero-order valence-electron chi connectivity index (χ0n) is 22.6. The topological polar surface area (TPSA) is 63.5 Å². The zero-order chi connectivity index (χ0) is 28.5. The fraction of sp³-hybridized carbons (Fsp3) is 0.483. The van der Waals surface area contributed by atoms with E-state index in [0.29, 0.717) is 24.6 Å². The number of halogens is 4. The van der Waals surface area contributed by atoms with Crippen LogP contribution in [0.15, 0.2) is 48.5 Å². The molecule has 0 aliphatic carbocycles. The summed E-state index contributed by atoms with van der Waals surface area (Å²) < 4.78 is 60.2. The van der Waals surface area contributed by atoms with Crippen LogP contribution in [0.4, 0.5) is 17.6 Å². The maximum atomic E-state index is 13.9. The van der Waals surface area contributed by atoms with E-state index >= 15 is 0 Å². The third kappa shape index (κ3) is 6.63. The SMILES string of the molecule is CC(C)(F)CN1CCC(COc2ccc(-c3ccc(C(=O)N4CCn5c(nnc5C(F)(F)F)C4)cc3)cc2)CC1. The molecular formula is C29H33F4N5O2. The standard InChI is InChI=1S/C29H33F4N5O2/c1-28(2,30)19-36-13-11-20(12-14-36)18-40-24-9-7-22(8-10-24)21-3-5-23(6-4-21)26(39)37-15-16-38-25(17-37)34-35-27(38)29(31,32)33/h3-10,20H,11-19H2,1-2H3. The lowest BCUT2D eigenvalue weighted by atomic mass is 9.97. The number of alkyl halides is 4. The summed E-state index contributed by atoms with van der Waals surface area (Å²) in [5, 5.41) is 6.90. The predicted octanol–water partition coefficient (Wildman–Crippen LogP) is 5.46. The highest BCUT2D eigenvalue weighted by Gasteiger charge is 2.40. The molecule has 40 heavy (non-hydrogen) atoms. The maximum absolute atomic E-state index is 13.9. The normalized spacial score (nSPS) is 17.1. The minimum atomic E-state index is -4.58. The van der Waals surface area contributed by atoms with Crippen LogP contribution in [0, 0.1) is 5.92 Å². The van der Waals surface area contributed by atoms with Gasteiger partial charge in [0.15, 0.2) is 5.82 Å². The van der Waals surface area contributed by atoms with Gasteiger partial charge in [0.2, 0.25) is 5.82 Å². The Hall–Kier alpha value is -3.47. The van der Waals surface area contributed by atoms with Gasteiger partial charge in [0.05, 0.1) is 13.2 Å². The molecule has 5 rings (SSSR count). The van der Waals surface area contributed by atoms with E-state index < -0.39 is 17.7 Å². The second-order valence-electron chi connectivity index (χ2n) is 11.2. The molecule has 214 valence electrons. The van der Waals surface area contributed by atoms with Gasteiger partial charge in [-0.2, -0.15) is 13.2 Å². The Balaban J connectivity index is 1.13. The molecule has 1 fully saturated rings. The fourth-order valence-corrected chi connectivity index (χ4v) is 5.33. The molecule has 0 bridgehead atoms. The lowest BCUT2D eigenvalue weighted by molar-refractivity contribution is -0.147. The van der Waals surface area contributed by atoms with Crippen molar-refractivity contribution in [1.82, 2.24) is 24.6 Å². The quantitative estimate of drug-likeness (QED) is 0.360. The van der Waals surface area contributed by atoms with Crippen LogP contribution in [0.3, 0.4) is 0 Å². The molecule has 1 saturated heterocycles. The number of rotatable bonds is 7. The first-order valence-electron chi connectivity index (χ1n) is 13.5. The van der Waals surface area contributed by atoms with Crippen LogP contribution in [-0.4, -0.2) is 68.9 Å². The number of benzene rings is 2. The Morgan fingerprint density at radius 2 is 1.52 bits per heavy atom. The third-order valence-corrected chi connectivity index (χ3v) is 7.41. The van der Waals surface area contributed by atoms with E-state index in [0.717, 1.165) is 47.4 Å². The third-order valence-electron chi connectivity index (χ3n) is 7.41. The van der Waals surface area contributed by atoms with Gasteiger partial charge < -0.3 is 19.1 Å². The van der Waals surface area contributed by atoms with Crippen molar-refractivity contribution in [3.05, 3.63) is 65.7 Å². The van der Waals surface area contributed by atoms with Gasteiger partial charge in [-0.15, -0.1) is 10.2 Å². The number of nitrogens with zero attached hydrogens (tertiary/aromatic N) is 5. The molecule has 2 aliphatic heterocycles. The van der Waals surface area contributed by atoms with Crippen LogP contribution in [0.25, 0.3) is 11.1 Å². The molecule has 0 unspecified atom stereocenters. The number of carbonyl (C=O) groups is 1. The molecule has 0 radical (unpaired) electrons. The predicted molar refractivity (Wildman–Crippen MR) is 141 cm³/mol. The lowest BCUT2D eigenvalue weighted by Crippen LogP contribution is -2.41. The minimum absolute atomic E-state index is 0.00784. The highest BCUT2D eigenvalue weighted by Crippen LogP contribution is 2.30. The van der Waals surface area contributed by atoms with Crippen molar-refractivity contribution in [3.63, 3.8) is 0 Å². The van der Waals surface area contributed by atoms with Gasteiger partial charge in [-0.1, -0.05) is 24.3 Å². The van der Waals surface area contributed by atoms with Crippen molar-refractivity contribution in [2.75, 3.05) is 32.8 Å². The van der Waals surface area contributed by atoms with Crippen molar-refractivity contribution in [2.24, 2.45) is 5.92 Å². The first-order chi connectivity index (χ1) is 19.0. The zero-order valence-corrected chi connectivity index (χ0v) is 22.6. The molecule has 7 nitrogen and oxygen atoms in total. The molecule has 1 amide bonds. The summed E-state index contributed by atoms with van der Waals surface area (Å²) in [5.41, 5.74) is 1.18. The molecule has 0 saturated carbocycles. The Bertz CT molecular complexity index is 1310. The van der Waals surface area contributed by atoms with Gasteiger partial charge >= 0.3 is 6.18 Å². The van der Waals surface area contributed by atoms with Gasteiger partial charge in [0.1, 0.15) is 11.4 Å². The number of fused-ring (bicyclic) bond motifs is 1. The second kappa shape index (κ2) is 11.2. The second-order valence-corrected chi connectivity index (χ2v) is 11.2. The Morgan fingerprint density at radius 1 is 0.900 bits per heavy atom. The molecule has 2 aromatic carbocycles. The van der Waals surface area contributed by atoms with E-state index in [-0.39, 0.29) is 31.4 Å². The van der Waals surface area contributed by atoms with E-state index in [2.05, 4.69) is 15.1 Å². The van der Waals surface area contributed by atoms with Crippen LogP contribution in [-0.2, 0) is 19.3 Å². The van der Waals surface area contributed by atoms with Crippen molar-refractivity contribution in [3.8, 4) is 16.9 Å². The van der Waals surface area contributed by atoms with Gasteiger partial charge in [0.25, 0.3) is 5.91 Å². The van der Waals surface area contributed by atoms with Crippen LogP contribution in [0.2, 0.25) is 0 Å². The van der Waals surface area contributed by atoms with Crippen LogP contribution in [0.5, 0.6) is 5.75 Å². The fourth-order valence-electron chi connectivity index (χ4n) is 5.33. The number of hydrogen-bond donors (Lipinski definition) is 0. The molecule has 3 heterocycles. The van der Waals surface area contributed by atoms with E-state index in [4.69, 9.17) is 4.74 Å². The number of aromatic nitrogens is 3. The van der Waals surface area contributed by atoms with Gasteiger partial charge in [-0.05, 0) is 81.1 Å². The summed E-state index contributed by atoms with van der Waals surface area (Å²) in [4.78, 5) is 16.7. The highest BCUT2D eigenvalue weighted by molar-refractivity contribution is 5.94. The molecule has 0 N–H and O–H groups in total. The number of ether oxygens (including phenoxy) is 1. The molecule has 0 spiro atoms. The Kier molecular flexibility index (Phi) is 7.85. The highest BCUT2D eigenvalue weighted by atomic mass is 19.4. The van der Waals surface area contributed by atoms with Crippen LogP contribution >= 0.6 is 0 Å². The summed E-state index contributed by atoms with van der Waals surface area (Å²) in [7, 11) is 0. The summed E-state index contributed by atoms with van der Waals surface area (Å²) in [6.45, 7) is 6.21. The van der Waals surface area contributed by atoms with Crippen LogP contribution < -0.4 is 4.74 Å². The molecular weight excluding hydrogens is 526 g/mol. The largest absolute Gasteiger partial charge is 0.493 e. The number of amides is 1. The minimum Gasteiger partial charge on any atom is -0.493 e. The monoisotopic (exact) mass is 559 g/mol. The smallest absolute Gasteiger partial charge is 0.451 e. The van der Waals surface area contributed by atoms with Crippen molar-refractivity contribution < 1.29 is 27.1 Å². The Labute approximate surface area is 230 Å². The first kappa shape index (κ1) is 28.1. The van der Waals surface area contributed by atoms with E-state index in [1.54, 1.807) is 26.0 Å². The molecule has 11 heteroatoms. The van der Waals surface area contributed by atoms with Crippen LogP contribution in [0.1, 0.15) is 48.7 Å².